The minimum atomic E-state index is 0.722. The van der Waals surface area contributed by atoms with Gasteiger partial charge in [-0.3, -0.25) is 4.90 Å². The molecule has 0 atom stereocenters. The van der Waals surface area contributed by atoms with Gasteiger partial charge in [0.05, 0.1) is 17.5 Å². The molecule has 2 aromatic rings. The summed E-state index contributed by atoms with van der Waals surface area (Å²) in [4.78, 5) is 14.5. The molecule has 0 saturated carbocycles. The van der Waals surface area contributed by atoms with Crippen molar-refractivity contribution in [1.29, 1.82) is 0 Å². The molecule has 0 amide bonds. The van der Waals surface area contributed by atoms with E-state index >= 15 is 0 Å². The molecule has 2 heterocycles. The van der Waals surface area contributed by atoms with Crippen LogP contribution in [-0.4, -0.2) is 54.2 Å². The first-order valence-corrected chi connectivity index (χ1v) is 10.7. The molecule has 0 unspecified atom stereocenters. The van der Waals surface area contributed by atoms with Crippen LogP contribution in [0.2, 0.25) is 0 Å². The molecule has 0 N–H and O–H groups in total. The van der Waals surface area contributed by atoms with Crippen LogP contribution in [0.15, 0.2) is 24.3 Å². The van der Waals surface area contributed by atoms with E-state index in [1.807, 2.05) is 12.1 Å². The van der Waals surface area contributed by atoms with Crippen molar-refractivity contribution in [2.45, 2.75) is 52.4 Å². The Hall–Kier alpha value is -1.88. The number of anilines is 1. The molecule has 5 heteroatoms. The third kappa shape index (κ3) is 5.55. The van der Waals surface area contributed by atoms with Crippen LogP contribution in [-0.2, 0) is 0 Å². The summed E-state index contributed by atoms with van der Waals surface area (Å²) in [5.74, 6) is 1.55. The summed E-state index contributed by atoms with van der Waals surface area (Å²) in [6, 6.07) is 8.17. The maximum Gasteiger partial charge on any atom is 0.229 e. The van der Waals surface area contributed by atoms with E-state index in [-0.39, 0.29) is 0 Å². The van der Waals surface area contributed by atoms with E-state index < -0.39 is 0 Å². The fourth-order valence-corrected chi connectivity index (χ4v) is 3.57. The highest BCUT2D eigenvalue weighted by atomic mass is 16.5. The number of piperazine rings is 1. The van der Waals surface area contributed by atoms with Gasteiger partial charge in [-0.2, -0.15) is 4.98 Å². The topological polar surface area (TPSA) is 41.5 Å². The summed E-state index contributed by atoms with van der Waals surface area (Å²) >= 11 is 0. The van der Waals surface area contributed by atoms with E-state index in [9.17, 15) is 0 Å². The summed E-state index contributed by atoms with van der Waals surface area (Å²) in [6.07, 6.45) is 7.37. The van der Waals surface area contributed by atoms with Gasteiger partial charge in [0.2, 0.25) is 11.8 Å². The third-order valence-corrected chi connectivity index (χ3v) is 5.28. The van der Waals surface area contributed by atoms with Crippen molar-refractivity contribution in [2.75, 3.05) is 44.2 Å². The Morgan fingerprint density at radius 3 is 2.41 bits per heavy atom. The first kappa shape index (κ1) is 19.9. The third-order valence-electron chi connectivity index (χ3n) is 5.28. The number of benzene rings is 1. The zero-order valence-electron chi connectivity index (χ0n) is 17.0. The molecule has 148 valence electrons. The van der Waals surface area contributed by atoms with Crippen molar-refractivity contribution in [3.63, 3.8) is 0 Å². The van der Waals surface area contributed by atoms with Crippen molar-refractivity contribution in [3.05, 3.63) is 24.3 Å². The molecular weight excluding hydrogens is 336 g/mol. The summed E-state index contributed by atoms with van der Waals surface area (Å²) in [7, 11) is 0. The number of fused-ring (bicyclic) bond motifs is 1. The molecule has 0 spiro atoms. The maximum atomic E-state index is 6.05. The monoisotopic (exact) mass is 370 g/mol. The Bertz CT molecular complexity index is 698. The highest BCUT2D eigenvalue weighted by Crippen LogP contribution is 2.26. The number of unbranched alkanes of at least 4 members (excludes halogenated alkanes) is 4. The first-order valence-electron chi connectivity index (χ1n) is 10.7. The van der Waals surface area contributed by atoms with Gasteiger partial charge in [-0.05, 0) is 31.5 Å². The second-order valence-electron chi connectivity index (χ2n) is 7.44. The van der Waals surface area contributed by atoms with Gasteiger partial charge >= 0.3 is 0 Å². The van der Waals surface area contributed by atoms with Crippen molar-refractivity contribution < 1.29 is 4.74 Å². The Morgan fingerprint density at radius 1 is 0.889 bits per heavy atom. The van der Waals surface area contributed by atoms with Crippen LogP contribution in [0.1, 0.15) is 52.4 Å². The summed E-state index contributed by atoms with van der Waals surface area (Å²) in [5.41, 5.74) is 0.971. The van der Waals surface area contributed by atoms with Gasteiger partial charge in [0.25, 0.3) is 0 Å². The lowest BCUT2D eigenvalue weighted by Gasteiger charge is -2.34. The van der Waals surface area contributed by atoms with E-state index in [4.69, 9.17) is 14.7 Å². The average molecular weight is 371 g/mol. The number of hydrogen-bond acceptors (Lipinski definition) is 5. The molecule has 5 nitrogen and oxygen atoms in total. The lowest BCUT2D eigenvalue weighted by atomic mass is 10.2. The highest BCUT2D eigenvalue weighted by Gasteiger charge is 2.20. The molecule has 1 fully saturated rings. The van der Waals surface area contributed by atoms with Gasteiger partial charge < -0.3 is 9.64 Å². The zero-order chi connectivity index (χ0) is 18.9. The molecule has 1 aliphatic heterocycles. The fraction of sp³-hybridized carbons (Fsp3) is 0.636. The number of ether oxygens (including phenoxy) is 1. The van der Waals surface area contributed by atoms with Crippen molar-refractivity contribution in [2.24, 2.45) is 0 Å². The lowest BCUT2D eigenvalue weighted by Crippen LogP contribution is -2.47. The fourth-order valence-electron chi connectivity index (χ4n) is 3.57. The van der Waals surface area contributed by atoms with E-state index in [1.54, 1.807) is 0 Å². The van der Waals surface area contributed by atoms with Crippen LogP contribution in [0.3, 0.4) is 0 Å². The normalized spacial score (nSPS) is 15.4. The average Bonchev–Trinajstić information content (AvgIpc) is 2.71. The molecular formula is C22H34N4O. The molecule has 0 bridgehead atoms. The van der Waals surface area contributed by atoms with Gasteiger partial charge in [0, 0.05) is 26.2 Å². The minimum absolute atomic E-state index is 0.722. The van der Waals surface area contributed by atoms with Crippen molar-refractivity contribution >= 4 is 16.9 Å². The molecule has 27 heavy (non-hydrogen) atoms. The maximum absolute atomic E-state index is 6.05. The second-order valence-corrected chi connectivity index (χ2v) is 7.44. The summed E-state index contributed by atoms with van der Waals surface area (Å²) in [6.45, 7) is 10.6. The van der Waals surface area contributed by atoms with E-state index in [0.29, 0.717) is 0 Å². The van der Waals surface area contributed by atoms with Crippen molar-refractivity contribution in [1.82, 2.24) is 14.9 Å². The molecule has 1 saturated heterocycles. The minimum Gasteiger partial charge on any atom is -0.477 e. The largest absolute Gasteiger partial charge is 0.477 e. The zero-order valence-corrected chi connectivity index (χ0v) is 17.0. The SMILES string of the molecule is CCCCCOc1nc(N2CCN(CCCCC)CC2)nc2ccccc12. The standard InChI is InChI=1S/C22H34N4O/c1-3-5-9-13-25-14-16-26(17-15-25)22-23-20-12-8-7-11-19(20)21(24-22)27-18-10-6-4-2/h7-8,11-12H,3-6,9-10,13-18H2,1-2H3. The number of aromatic nitrogens is 2. The molecule has 0 aliphatic carbocycles. The van der Waals surface area contributed by atoms with Crippen LogP contribution in [0.25, 0.3) is 10.9 Å². The molecule has 1 aromatic carbocycles. The lowest BCUT2D eigenvalue weighted by molar-refractivity contribution is 0.251. The molecule has 1 aromatic heterocycles. The molecule has 0 radical (unpaired) electrons. The van der Waals surface area contributed by atoms with Crippen LogP contribution in [0.4, 0.5) is 5.95 Å². The van der Waals surface area contributed by atoms with E-state index in [1.165, 1.54) is 38.6 Å². The quantitative estimate of drug-likeness (QED) is 0.576. The van der Waals surface area contributed by atoms with Crippen molar-refractivity contribution in [3.8, 4) is 5.88 Å². The predicted octanol–water partition coefficient (Wildman–Crippen LogP) is 4.51. The van der Waals surface area contributed by atoms with Crippen LogP contribution in [0.5, 0.6) is 5.88 Å². The second kappa shape index (κ2) is 10.5. The highest BCUT2D eigenvalue weighted by molar-refractivity contribution is 5.84. The van der Waals surface area contributed by atoms with Gasteiger partial charge in [-0.1, -0.05) is 51.7 Å². The Morgan fingerprint density at radius 2 is 1.63 bits per heavy atom. The smallest absolute Gasteiger partial charge is 0.229 e. The Kier molecular flexibility index (Phi) is 7.69. The van der Waals surface area contributed by atoms with Crippen LogP contribution < -0.4 is 9.64 Å². The molecule has 3 rings (SSSR count). The van der Waals surface area contributed by atoms with Gasteiger partial charge in [0.1, 0.15) is 0 Å². The van der Waals surface area contributed by atoms with Crippen LogP contribution in [0, 0.1) is 0 Å². The van der Waals surface area contributed by atoms with Gasteiger partial charge in [0.15, 0.2) is 0 Å². The predicted molar refractivity (Wildman–Crippen MR) is 113 cm³/mol. The Labute approximate surface area is 163 Å². The Balaban J connectivity index is 1.67. The number of rotatable bonds is 10. The molecule has 1 aliphatic rings. The van der Waals surface area contributed by atoms with E-state index in [0.717, 1.165) is 61.9 Å². The van der Waals surface area contributed by atoms with E-state index in [2.05, 4.69) is 35.8 Å². The summed E-state index contributed by atoms with van der Waals surface area (Å²) in [5, 5.41) is 1.01. The van der Waals surface area contributed by atoms with Gasteiger partial charge in [-0.25, -0.2) is 4.98 Å². The van der Waals surface area contributed by atoms with Gasteiger partial charge in [-0.15, -0.1) is 0 Å². The number of nitrogens with zero attached hydrogens (tertiary/aromatic N) is 4. The van der Waals surface area contributed by atoms with Crippen LogP contribution >= 0.6 is 0 Å². The number of para-hydroxylation sites is 1. The first-order chi connectivity index (χ1) is 13.3. The summed E-state index contributed by atoms with van der Waals surface area (Å²) < 4.78 is 6.05. The number of hydrogen-bond donors (Lipinski definition) is 0.